The number of sulfone groups is 1. The van der Waals surface area contributed by atoms with Gasteiger partial charge in [-0.3, -0.25) is 4.79 Å². The van der Waals surface area contributed by atoms with Crippen LogP contribution in [0.2, 0.25) is 5.02 Å². The summed E-state index contributed by atoms with van der Waals surface area (Å²) in [4.78, 5) is 12.8. The van der Waals surface area contributed by atoms with Crippen molar-refractivity contribution >= 4 is 33.0 Å². The third-order valence-electron chi connectivity index (χ3n) is 4.14. The molecule has 2 aromatic carbocycles. The first-order chi connectivity index (χ1) is 12.7. The number of carbonyl (C=O) groups is 1. The van der Waals surface area contributed by atoms with Gasteiger partial charge in [-0.05, 0) is 44.2 Å². The molecule has 0 fully saturated rings. The Labute approximate surface area is 162 Å². The maximum Gasteiger partial charge on any atom is 0.257 e. The Balaban J connectivity index is 1.97. The highest BCUT2D eigenvalue weighted by molar-refractivity contribution is 7.90. The number of carbonyl (C=O) groups excluding carboxylic acids is 1. The van der Waals surface area contributed by atoms with Gasteiger partial charge in [-0.2, -0.15) is 5.10 Å². The molecule has 0 saturated carbocycles. The van der Waals surface area contributed by atoms with Crippen molar-refractivity contribution < 1.29 is 13.2 Å². The number of para-hydroxylation sites is 1. The molecular formula is C19H18ClN3O3S. The number of hydrogen-bond acceptors (Lipinski definition) is 4. The summed E-state index contributed by atoms with van der Waals surface area (Å²) in [5.41, 5.74) is 2.91. The summed E-state index contributed by atoms with van der Waals surface area (Å²) in [5.74, 6) is -0.496. The molecule has 0 aliphatic rings. The quantitative estimate of drug-likeness (QED) is 0.718. The fourth-order valence-electron chi connectivity index (χ4n) is 2.73. The molecule has 0 saturated heterocycles. The number of aryl methyl sites for hydroxylation is 1. The zero-order valence-electron chi connectivity index (χ0n) is 15.0. The third-order valence-corrected chi connectivity index (χ3v) is 5.58. The first-order valence-corrected chi connectivity index (χ1v) is 10.4. The molecule has 140 valence electrons. The van der Waals surface area contributed by atoms with E-state index in [2.05, 4.69) is 10.4 Å². The molecule has 3 rings (SSSR count). The van der Waals surface area contributed by atoms with Gasteiger partial charge in [-0.25, -0.2) is 13.1 Å². The van der Waals surface area contributed by atoms with Crippen LogP contribution in [0.1, 0.15) is 21.7 Å². The molecule has 0 aliphatic carbocycles. The molecule has 0 spiro atoms. The van der Waals surface area contributed by atoms with E-state index in [0.29, 0.717) is 11.4 Å². The Morgan fingerprint density at radius 1 is 1.11 bits per heavy atom. The SMILES string of the molecule is Cc1nn(-c2ccccc2)c(C)c1NC(=O)c1cc(S(C)(=O)=O)ccc1Cl. The Bertz CT molecular complexity index is 1120. The second-order valence-corrected chi connectivity index (χ2v) is 8.58. The standard InChI is InChI=1S/C19H18ClN3O3S/c1-12-18(13(2)23(22-12)14-7-5-4-6-8-14)21-19(24)16-11-15(27(3,25)26)9-10-17(16)20/h4-11H,1-3H3,(H,21,24). The Morgan fingerprint density at radius 3 is 2.41 bits per heavy atom. The van der Waals surface area contributed by atoms with Gasteiger partial charge in [-0.15, -0.1) is 0 Å². The Morgan fingerprint density at radius 2 is 1.78 bits per heavy atom. The van der Waals surface area contributed by atoms with Crippen molar-refractivity contribution in [1.29, 1.82) is 0 Å². The Kier molecular flexibility index (Phi) is 5.08. The van der Waals surface area contributed by atoms with E-state index >= 15 is 0 Å². The van der Waals surface area contributed by atoms with E-state index in [-0.39, 0.29) is 15.5 Å². The van der Waals surface area contributed by atoms with E-state index in [4.69, 9.17) is 11.6 Å². The van der Waals surface area contributed by atoms with E-state index in [1.165, 1.54) is 18.2 Å². The Hall–Kier alpha value is -2.64. The summed E-state index contributed by atoms with van der Waals surface area (Å²) in [6.07, 6.45) is 1.08. The van der Waals surface area contributed by atoms with Crippen LogP contribution in [0.3, 0.4) is 0 Å². The van der Waals surface area contributed by atoms with Crippen LogP contribution in [0.15, 0.2) is 53.4 Å². The fourth-order valence-corrected chi connectivity index (χ4v) is 3.58. The number of benzene rings is 2. The van der Waals surface area contributed by atoms with Crippen molar-refractivity contribution in [3.05, 3.63) is 70.5 Å². The average molecular weight is 404 g/mol. The molecular weight excluding hydrogens is 386 g/mol. The highest BCUT2D eigenvalue weighted by Gasteiger charge is 2.19. The van der Waals surface area contributed by atoms with Crippen LogP contribution in [0, 0.1) is 13.8 Å². The maximum atomic E-state index is 12.7. The van der Waals surface area contributed by atoms with Crippen LogP contribution in [0.25, 0.3) is 5.69 Å². The van der Waals surface area contributed by atoms with Crippen LogP contribution in [-0.2, 0) is 9.84 Å². The molecule has 0 radical (unpaired) electrons. The molecule has 27 heavy (non-hydrogen) atoms. The number of nitrogens with one attached hydrogen (secondary N) is 1. The maximum absolute atomic E-state index is 12.7. The molecule has 1 heterocycles. The van der Waals surface area contributed by atoms with Gasteiger partial charge in [0.15, 0.2) is 9.84 Å². The normalized spacial score (nSPS) is 11.4. The number of rotatable bonds is 4. The van der Waals surface area contributed by atoms with Crippen molar-refractivity contribution in [3.8, 4) is 5.69 Å². The molecule has 1 aromatic heterocycles. The first-order valence-electron chi connectivity index (χ1n) is 8.11. The van der Waals surface area contributed by atoms with E-state index in [9.17, 15) is 13.2 Å². The van der Waals surface area contributed by atoms with Crippen LogP contribution >= 0.6 is 11.6 Å². The number of aromatic nitrogens is 2. The van der Waals surface area contributed by atoms with E-state index in [1.807, 2.05) is 37.3 Å². The van der Waals surface area contributed by atoms with Crippen molar-refractivity contribution in [2.45, 2.75) is 18.7 Å². The van der Waals surface area contributed by atoms with Crippen LogP contribution < -0.4 is 5.32 Å². The van der Waals surface area contributed by atoms with Gasteiger partial charge in [-0.1, -0.05) is 29.8 Å². The molecule has 8 heteroatoms. The zero-order chi connectivity index (χ0) is 19.8. The summed E-state index contributed by atoms with van der Waals surface area (Å²) >= 11 is 6.11. The first kappa shape index (κ1) is 19.1. The van der Waals surface area contributed by atoms with Gasteiger partial charge in [0.2, 0.25) is 0 Å². The highest BCUT2D eigenvalue weighted by Crippen LogP contribution is 2.26. The van der Waals surface area contributed by atoms with E-state index in [1.54, 1.807) is 11.6 Å². The third kappa shape index (κ3) is 3.89. The molecule has 0 atom stereocenters. The molecule has 3 aromatic rings. The summed E-state index contributed by atoms with van der Waals surface area (Å²) in [6.45, 7) is 3.63. The van der Waals surface area contributed by atoms with Crippen molar-refractivity contribution in [3.63, 3.8) is 0 Å². The number of nitrogens with zero attached hydrogens (tertiary/aromatic N) is 2. The lowest BCUT2D eigenvalue weighted by molar-refractivity contribution is 0.102. The van der Waals surface area contributed by atoms with Gasteiger partial charge in [0.1, 0.15) is 0 Å². The lowest BCUT2D eigenvalue weighted by Crippen LogP contribution is -2.14. The van der Waals surface area contributed by atoms with Crippen LogP contribution in [0.5, 0.6) is 0 Å². The highest BCUT2D eigenvalue weighted by atomic mass is 35.5. The van der Waals surface area contributed by atoms with Gasteiger partial charge >= 0.3 is 0 Å². The zero-order valence-corrected chi connectivity index (χ0v) is 16.6. The van der Waals surface area contributed by atoms with Crippen molar-refractivity contribution in [2.24, 2.45) is 0 Å². The van der Waals surface area contributed by atoms with Crippen molar-refractivity contribution in [1.82, 2.24) is 9.78 Å². The number of amides is 1. The number of hydrogen-bond donors (Lipinski definition) is 1. The van der Waals surface area contributed by atoms with Gasteiger partial charge in [0.05, 0.1) is 38.2 Å². The second-order valence-electron chi connectivity index (χ2n) is 6.16. The van der Waals surface area contributed by atoms with Crippen LogP contribution in [0.4, 0.5) is 5.69 Å². The minimum atomic E-state index is -3.45. The largest absolute Gasteiger partial charge is 0.319 e. The summed E-state index contributed by atoms with van der Waals surface area (Å²) in [7, 11) is -3.45. The molecule has 0 unspecified atom stereocenters. The molecule has 6 nitrogen and oxygen atoms in total. The van der Waals surface area contributed by atoms with Gasteiger partial charge < -0.3 is 5.32 Å². The van der Waals surface area contributed by atoms with E-state index < -0.39 is 15.7 Å². The monoisotopic (exact) mass is 403 g/mol. The molecule has 0 bridgehead atoms. The minimum absolute atomic E-state index is 0.0328. The lowest BCUT2D eigenvalue weighted by atomic mass is 10.2. The molecule has 1 amide bonds. The molecule has 1 N–H and O–H groups in total. The summed E-state index contributed by atoms with van der Waals surface area (Å²) < 4.78 is 25.3. The minimum Gasteiger partial charge on any atom is -0.319 e. The predicted molar refractivity (Wildman–Crippen MR) is 106 cm³/mol. The van der Waals surface area contributed by atoms with Crippen molar-refractivity contribution in [2.75, 3.05) is 11.6 Å². The van der Waals surface area contributed by atoms with Crippen LogP contribution in [-0.4, -0.2) is 30.4 Å². The number of anilines is 1. The predicted octanol–water partition coefficient (Wildman–Crippen LogP) is 3.80. The smallest absolute Gasteiger partial charge is 0.257 e. The topological polar surface area (TPSA) is 81.1 Å². The van der Waals surface area contributed by atoms with E-state index in [0.717, 1.165) is 17.6 Å². The average Bonchev–Trinajstić information content (AvgIpc) is 2.90. The lowest BCUT2D eigenvalue weighted by Gasteiger charge is -2.09. The number of halogens is 1. The van der Waals surface area contributed by atoms with Gasteiger partial charge in [0.25, 0.3) is 5.91 Å². The summed E-state index contributed by atoms with van der Waals surface area (Å²) in [5, 5.41) is 7.45. The fraction of sp³-hybridized carbons (Fsp3) is 0.158. The second kappa shape index (κ2) is 7.17. The molecule has 0 aliphatic heterocycles. The van der Waals surface area contributed by atoms with Gasteiger partial charge in [0, 0.05) is 6.26 Å². The summed E-state index contributed by atoms with van der Waals surface area (Å²) in [6, 6.07) is 13.6.